The van der Waals surface area contributed by atoms with Gasteiger partial charge in [-0.05, 0) is 48.4 Å². The predicted molar refractivity (Wildman–Crippen MR) is 102 cm³/mol. The topological polar surface area (TPSA) is 70.4 Å². The zero-order valence-corrected chi connectivity index (χ0v) is 15.6. The maximum absolute atomic E-state index is 13.2. The van der Waals surface area contributed by atoms with Crippen LogP contribution >= 0.6 is 11.3 Å². The van der Waals surface area contributed by atoms with E-state index in [4.69, 9.17) is 0 Å². The van der Waals surface area contributed by atoms with Gasteiger partial charge in [0.2, 0.25) is 0 Å². The minimum Gasteiger partial charge on any atom is -0.508 e. The van der Waals surface area contributed by atoms with Gasteiger partial charge in [-0.1, -0.05) is 11.8 Å². The second-order valence-corrected chi connectivity index (χ2v) is 7.06. The van der Waals surface area contributed by atoms with Gasteiger partial charge in [0.05, 0.1) is 16.1 Å². The van der Waals surface area contributed by atoms with E-state index in [1.54, 1.807) is 6.20 Å². The predicted octanol–water partition coefficient (Wildman–Crippen LogP) is 4.75. The van der Waals surface area contributed by atoms with Gasteiger partial charge in [0.25, 0.3) is 0 Å². The molecule has 4 nitrogen and oxygen atoms in total. The minimum atomic E-state index is -4.66. The van der Waals surface area contributed by atoms with Crippen molar-refractivity contribution in [1.29, 1.82) is 0 Å². The van der Waals surface area contributed by atoms with Crippen LogP contribution in [0.4, 0.5) is 13.2 Å². The lowest BCUT2D eigenvalue weighted by molar-refractivity contribution is -0.137. The molecule has 0 fully saturated rings. The number of halogens is 3. The molecular formula is C21H14F3NO3S. The van der Waals surface area contributed by atoms with E-state index in [9.17, 15) is 28.2 Å². The third-order valence-corrected chi connectivity index (χ3v) is 4.92. The van der Waals surface area contributed by atoms with Crippen molar-refractivity contribution >= 4 is 17.3 Å². The molecule has 2 aromatic carbocycles. The molecule has 0 saturated heterocycles. The molecular weight excluding hydrogens is 403 g/mol. The van der Waals surface area contributed by atoms with Gasteiger partial charge >= 0.3 is 12.1 Å². The first-order valence-corrected chi connectivity index (χ1v) is 9.29. The normalized spacial score (nSPS) is 11.0. The quantitative estimate of drug-likeness (QED) is 0.601. The smallest absolute Gasteiger partial charge is 0.417 e. The number of aromatic nitrogens is 1. The van der Waals surface area contributed by atoms with Gasteiger partial charge in [-0.15, -0.1) is 11.3 Å². The van der Waals surface area contributed by atoms with Crippen LogP contribution in [-0.4, -0.2) is 21.2 Å². The highest BCUT2D eigenvalue weighted by Gasteiger charge is 2.33. The molecule has 1 heterocycles. The Kier molecular flexibility index (Phi) is 5.89. The van der Waals surface area contributed by atoms with Crippen molar-refractivity contribution in [3.8, 4) is 17.6 Å². The molecule has 0 aliphatic heterocycles. The third kappa shape index (κ3) is 5.15. The second-order valence-electron chi connectivity index (χ2n) is 6.08. The molecule has 2 N–H and O–H groups in total. The van der Waals surface area contributed by atoms with E-state index in [0.717, 1.165) is 17.1 Å². The molecule has 8 heteroatoms. The number of carboxylic acids is 1. The molecule has 1 aromatic heterocycles. The highest BCUT2D eigenvalue weighted by molar-refractivity contribution is 7.09. The summed E-state index contributed by atoms with van der Waals surface area (Å²) in [5, 5.41) is 21.3. The van der Waals surface area contributed by atoms with E-state index >= 15 is 0 Å². The molecule has 0 unspecified atom stereocenters. The number of alkyl halides is 3. The van der Waals surface area contributed by atoms with Crippen LogP contribution in [0, 0.1) is 11.8 Å². The summed E-state index contributed by atoms with van der Waals surface area (Å²) in [5.41, 5.74) is -0.182. The number of benzene rings is 2. The molecule has 3 aromatic rings. The second kappa shape index (κ2) is 8.37. The summed E-state index contributed by atoms with van der Waals surface area (Å²) in [6, 6.07) is 7.19. The van der Waals surface area contributed by atoms with Crippen molar-refractivity contribution < 1.29 is 28.2 Å². The fourth-order valence-corrected chi connectivity index (χ4v) is 3.30. The first-order chi connectivity index (χ1) is 13.7. The Labute approximate surface area is 168 Å². The Morgan fingerprint density at radius 1 is 1.07 bits per heavy atom. The van der Waals surface area contributed by atoms with Gasteiger partial charge in [0.15, 0.2) is 0 Å². The number of hydrogen-bond acceptors (Lipinski definition) is 4. The standard InChI is InChI=1S/C21H14F3NO3S/c22-21(23,24)18-12-17(26)7-5-14(18)3-1-13-2-4-16(20(27)28)11-15(13)6-8-19-25-9-10-29-19/h2,4-5,7,9-12,26H,6,8H2,(H,27,28). The molecule has 3 rings (SSSR count). The number of hydrogen-bond donors (Lipinski definition) is 2. The van der Waals surface area contributed by atoms with Crippen molar-refractivity contribution in [1.82, 2.24) is 4.98 Å². The molecule has 0 spiro atoms. The largest absolute Gasteiger partial charge is 0.508 e. The van der Waals surface area contributed by atoms with Gasteiger partial charge < -0.3 is 10.2 Å². The van der Waals surface area contributed by atoms with Crippen LogP contribution in [0.15, 0.2) is 48.0 Å². The minimum absolute atomic E-state index is 0.0744. The lowest BCUT2D eigenvalue weighted by Crippen LogP contribution is -2.07. The molecule has 0 amide bonds. The maximum atomic E-state index is 13.2. The van der Waals surface area contributed by atoms with Crippen LogP contribution in [0.3, 0.4) is 0 Å². The molecule has 0 radical (unpaired) electrons. The zero-order valence-electron chi connectivity index (χ0n) is 14.8. The van der Waals surface area contributed by atoms with Crippen LogP contribution in [0.25, 0.3) is 0 Å². The average Bonchev–Trinajstić information content (AvgIpc) is 3.18. The van der Waals surface area contributed by atoms with E-state index in [0.29, 0.717) is 30.0 Å². The van der Waals surface area contributed by atoms with Crippen molar-refractivity contribution in [2.75, 3.05) is 0 Å². The van der Waals surface area contributed by atoms with E-state index in [1.165, 1.54) is 29.5 Å². The molecule has 148 valence electrons. The molecule has 0 aliphatic carbocycles. The number of carbonyl (C=O) groups is 1. The van der Waals surface area contributed by atoms with E-state index in [-0.39, 0.29) is 11.1 Å². The van der Waals surface area contributed by atoms with Crippen molar-refractivity contribution in [3.63, 3.8) is 0 Å². The number of aryl methyl sites for hydroxylation is 2. The highest BCUT2D eigenvalue weighted by Crippen LogP contribution is 2.33. The fraction of sp³-hybridized carbons (Fsp3) is 0.143. The summed E-state index contributed by atoms with van der Waals surface area (Å²) in [6.07, 6.45) is -2.00. The first kappa shape index (κ1) is 20.4. The third-order valence-electron chi connectivity index (χ3n) is 4.08. The number of aromatic carboxylic acids is 1. The molecule has 0 atom stereocenters. The molecule has 0 saturated carbocycles. The Morgan fingerprint density at radius 2 is 1.79 bits per heavy atom. The van der Waals surface area contributed by atoms with Crippen LogP contribution in [-0.2, 0) is 19.0 Å². The van der Waals surface area contributed by atoms with Crippen LogP contribution in [0.5, 0.6) is 5.75 Å². The number of nitrogens with zero attached hydrogens (tertiary/aromatic N) is 1. The molecule has 29 heavy (non-hydrogen) atoms. The lowest BCUT2D eigenvalue weighted by atomic mass is 9.99. The van der Waals surface area contributed by atoms with Crippen molar-refractivity contribution in [3.05, 3.63) is 80.8 Å². The number of phenols is 1. The summed E-state index contributed by atoms with van der Waals surface area (Å²) >= 11 is 1.46. The summed E-state index contributed by atoms with van der Waals surface area (Å²) < 4.78 is 39.6. The highest BCUT2D eigenvalue weighted by atomic mass is 32.1. The van der Waals surface area contributed by atoms with Gasteiger partial charge in [-0.25, -0.2) is 9.78 Å². The summed E-state index contributed by atoms with van der Waals surface area (Å²) in [7, 11) is 0. The van der Waals surface area contributed by atoms with Gasteiger partial charge in [0.1, 0.15) is 5.75 Å². The molecule has 0 bridgehead atoms. The lowest BCUT2D eigenvalue weighted by Gasteiger charge is -2.09. The van der Waals surface area contributed by atoms with E-state index in [1.807, 2.05) is 5.38 Å². The average molecular weight is 417 g/mol. The van der Waals surface area contributed by atoms with Gasteiger partial charge in [0, 0.05) is 29.1 Å². The van der Waals surface area contributed by atoms with Crippen LogP contribution in [0.1, 0.15) is 37.6 Å². The van der Waals surface area contributed by atoms with Crippen LogP contribution in [0.2, 0.25) is 0 Å². The fourth-order valence-electron chi connectivity index (χ4n) is 2.68. The number of carboxylic acid groups (broad SMARTS) is 1. The van der Waals surface area contributed by atoms with Crippen molar-refractivity contribution in [2.45, 2.75) is 19.0 Å². The van der Waals surface area contributed by atoms with Crippen LogP contribution < -0.4 is 0 Å². The van der Waals surface area contributed by atoms with E-state index in [2.05, 4.69) is 16.8 Å². The maximum Gasteiger partial charge on any atom is 0.417 e. The number of thiazole rings is 1. The first-order valence-electron chi connectivity index (χ1n) is 8.41. The Balaban J connectivity index is 1.99. The zero-order chi connectivity index (χ0) is 21.0. The Hall–Kier alpha value is -3.31. The summed E-state index contributed by atoms with van der Waals surface area (Å²) in [6.45, 7) is 0. The SMILES string of the molecule is O=C(O)c1ccc(C#Cc2ccc(O)cc2C(F)(F)F)c(CCc2nccs2)c1. The number of phenolic OH excluding ortho intramolecular Hbond substituents is 1. The Morgan fingerprint density at radius 3 is 2.45 bits per heavy atom. The summed E-state index contributed by atoms with van der Waals surface area (Å²) in [4.78, 5) is 15.4. The van der Waals surface area contributed by atoms with Gasteiger partial charge in [-0.3, -0.25) is 0 Å². The summed E-state index contributed by atoms with van der Waals surface area (Å²) in [5.74, 6) is 3.62. The Bertz CT molecular complexity index is 1100. The number of aromatic hydroxyl groups is 1. The number of rotatable bonds is 4. The van der Waals surface area contributed by atoms with E-state index < -0.39 is 23.5 Å². The monoisotopic (exact) mass is 417 g/mol. The van der Waals surface area contributed by atoms with Gasteiger partial charge in [-0.2, -0.15) is 13.2 Å². The molecule has 0 aliphatic rings. The van der Waals surface area contributed by atoms with Crippen molar-refractivity contribution in [2.24, 2.45) is 0 Å².